The molecule has 5 nitrogen and oxygen atoms in total. The second-order valence-corrected chi connectivity index (χ2v) is 5.80. The summed E-state index contributed by atoms with van der Waals surface area (Å²) in [6, 6.07) is 0. The summed E-state index contributed by atoms with van der Waals surface area (Å²) < 4.78 is 6.28. The summed E-state index contributed by atoms with van der Waals surface area (Å²) in [6.07, 6.45) is 5.07. The maximum Gasteiger partial charge on any atom is 0.227 e. The molecule has 2 heterocycles. The molecule has 1 aromatic rings. The SMILES string of the molecule is CNc1nc(N2CCCCCC2)nc(COC)c1I. The van der Waals surface area contributed by atoms with Crippen LogP contribution in [0.3, 0.4) is 0 Å². The minimum Gasteiger partial charge on any atom is -0.378 e. The van der Waals surface area contributed by atoms with Gasteiger partial charge in [0.05, 0.1) is 15.9 Å². The maximum atomic E-state index is 5.23. The highest BCUT2D eigenvalue weighted by Gasteiger charge is 2.17. The highest BCUT2D eigenvalue weighted by atomic mass is 127. The Bertz CT molecular complexity index is 419. The molecule has 106 valence electrons. The predicted octanol–water partition coefficient (Wildman–Crippen LogP) is 2.65. The molecule has 1 saturated heterocycles. The molecule has 0 atom stereocenters. The van der Waals surface area contributed by atoms with Gasteiger partial charge in [0, 0.05) is 27.2 Å². The average molecular weight is 376 g/mol. The molecule has 0 spiro atoms. The largest absolute Gasteiger partial charge is 0.378 e. The summed E-state index contributed by atoms with van der Waals surface area (Å²) in [5.74, 6) is 1.72. The Kier molecular flexibility index (Phi) is 5.62. The van der Waals surface area contributed by atoms with Gasteiger partial charge in [-0.1, -0.05) is 12.8 Å². The third kappa shape index (κ3) is 3.68. The smallest absolute Gasteiger partial charge is 0.227 e. The van der Waals surface area contributed by atoms with Gasteiger partial charge in [-0.3, -0.25) is 0 Å². The van der Waals surface area contributed by atoms with E-state index in [0.717, 1.165) is 34.1 Å². The van der Waals surface area contributed by atoms with E-state index in [-0.39, 0.29) is 0 Å². The standard InChI is InChI=1S/C13H21IN4O/c1-15-12-11(14)10(9-19-2)16-13(17-12)18-7-5-3-4-6-8-18/h3-9H2,1-2H3,(H,15,16,17). The molecule has 1 fully saturated rings. The van der Waals surface area contributed by atoms with E-state index in [2.05, 4.69) is 42.8 Å². The Morgan fingerprint density at radius 2 is 1.89 bits per heavy atom. The molecule has 0 amide bonds. The van der Waals surface area contributed by atoms with Gasteiger partial charge < -0.3 is 15.0 Å². The van der Waals surface area contributed by atoms with E-state index in [1.807, 2.05) is 7.05 Å². The van der Waals surface area contributed by atoms with E-state index >= 15 is 0 Å². The van der Waals surface area contributed by atoms with Crippen LogP contribution in [0.5, 0.6) is 0 Å². The second kappa shape index (κ2) is 7.23. The Balaban J connectivity index is 2.30. The number of nitrogens with one attached hydrogen (secondary N) is 1. The average Bonchev–Trinajstić information content (AvgIpc) is 2.70. The quantitative estimate of drug-likeness (QED) is 0.819. The molecule has 6 heteroatoms. The van der Waals surface area contributed by atoms with Crippen LogP contribution in [0.1, 0.15) is 31.4 Å². The molecule has 19 heavy (non-hydrogen) atoms. The number of hydrogen-bond acceptors (Lipinski definition) is 5. The lowest BCUT2D eigenvalue weighted by molar-refractivity contribution is 0.181. The van der Waals surface area contributed by atoms with Crippen LogP contribution in [-0.4, -0.2) is 37.2 Å². The number of halogens is 1. The van der Waals surface area contributed by atoms with Crippen molar-refractivity contribution in [3.05, 3.63) is 9.26 Å². The van der Waals surface area contributed by atoms with Crippen LogP contribution < -0.4 is 10.2 Å². The monoisotopic (exact) mass is 376 g/mol. The van der Waals surface area contributed by atoms with Crippen molar-refractivity contribution in [1.29, 1.82) is 0 Å². The number of anilines is 2. The van der Waals surface area contributed by atoms with E-state index in [1.165, 1.54) is 25.7 Å². The van der Waals surface area contributed by atoms with Gasteiger partial charge in [-0.15, -0.1) is 0 Å². The zero-order valence-electron chi connectivity index (χ0n) is 11.6. The van der Waals surface area contributed by atoms with Crippen LogP contribution in [0.25, 0.3) is 0 Å². The molecule has 0 aliphatic carbocycles. The van der Waals surface area contributed by atoms with Crippen molar-refractivity contribution in [2.45, 2.75) is 32.3 Å². The summed E-state index contributed by atoms with van der Waals surface area (Å²) in [4.78, 5) is 11.6. The lowest BCUT2D eigenvalue weighted by Crippen LogP contribution is -2.27. The normalized spacial score (nSPS) is 16.3. The van der Waals surface area contributed by atoms with Gasteiger partial charge in [-0.25, -0.2) is 4.98 Å². The van der Waals surface area contributed by atoms with Gasteiger partial charge >= 0.3 is 0 Å². The van der Waals surface area contributed by atoms with Crippen molar-refractivity contribution in [3.63, 3.8) is 0 Å². The highest BCUT2D eigenvalue weighted by molar-refractivity contribution is 14.1. The molecule has 0 aromatic carbocycles. The number of rotatable bonds is 4. The fraction of sp³-hybridized carbons (Fsp3) is 0.692. The zero-order valence-corrected chi connectivity index (χ0v) is 13.7. The first kappa shape index (κ1) is 14.8. The van der Waals surface area contributed by atoms with E-state index in [0.29, 0.717) is 6.61 Å². The van der Waals surface area contributed by atoms with Crippen molar-refractivity contribution in [2.75, 3.05) is 37.5 Å². The Hall–Kier alpha value is -0.630. The van der Waals surface area contributed by atoms with Gasteiger partial charge in [-0.2, -0.15) is 4.98 Å². The summed E-state index contributed by atoms with van der Waals surface area (Å²) in [6.45, 7) is 2.63. The third-order valence-corrected chi connectivity index (χ3v) is 4.45. The van der Waals surface area contributed by atoms with E-state index in [1.54, 1.807) is 7.11 Å². The van der Waals surface area contributed by atoms with Crippen molar-refractivity contribution >= 4 is 34.4 Å². The molecule has 0 unspecified atom stereocenters. The number of methoxy groups -OCH3 is 1. The maximum absolute atomic E-state index is 5.23. The van der Waals surface area contributed by atoms with Crippen LogP contribution in [0.15, 0.2) is 0 Å². The fourth-order valence-corrected chi connectivity index (χ4v) is 2.96. The first-order chi connectivity index (χ1) is 9.26. The topological polar surface area (TPSA) is 50.3 Å². The molecule has 1 N–H and O–H groups in total. The van der Waals surface area contributed by atoms with Crippen LogP contribution in [0.4, 0.5) is 11.8 Å². The van der Waals surface area contributed by atoms with Crippen LogP contribution >= 0.6 is 22.6 Å². The number of hydrogen-bond donors (Lipinski definition) is 1. The summed E-state index contributed by atoms with van der Waals surface area (Å²) in [7, 11) is 3.59. The van der Waals surface area contributed by atoms with Gasteiger partial charge in [0.2, 0.25) is 5.95 Å². The van der Waals surface area contributed by atoms with Crippen molar-refractivity contribution in [1.82, 2.24) is 9.97 Å². The van der Waals surface area contributed by atoms with Crippen LogP contribution in [-0.2, 0) is 11.3 Å². The molecule has 0 bridgehead atoms. The highest BCUT2D eigenvalue weighted by Crippen LogP contribution is 2.24. The molecule has 2 rings (SSSR count). The van der Waals surface area contributed by atoms with E-state index in [9.17, 15) is 0 Å². The molecular weight excluding hydrogens is 355 g/mol. The van der Waals surface area contributed by atoms with Gasteiger partial charge in [0.15, 0.2) is 0 Å². The van der Waals surface area contributed by atoms with Crippen molar-refractivity contribution in [3.8, 4) is 0 Å². The van der Waals surface area contributed by atoms with Gasteiger partial charge in [0.25, 0.3) is 0 Å². The zero-order chi connectivity index (χ0) is 13.7. The molecule has 1 aliphatic rings. The van der Waals surface area contributed by atoms with E-state index in [4.69, 9.17) is 4.74 Å². The second-order valence-electron chi connectivity index (χ2n) is 4.72. The third-order valence-electron chi connectivity index (χ3n) is 3.31. The number of ether oxygens (including phenoxy) is 1. The molecule has 1 aromatic heterocycles. The first-order valence-corrected chi connectivity index (χ1v) is 7.82. The van der Waals surface area contributed by atoms with Crippen LogP contribution in [0.2, 0.25) is 0 Å². The molecule has 1 aliphatic heterocycles. The lowest BCUT2D eigenvalue weighted by atomic mass is 10.2. The Morgan fingerprint density at radius 3 is 2.47 bits per heavy atom. The fourth-order valence-electron chi connectivity index (χ4n) is 2.29. The summed E-state index contributed by atoms with van der Waals surface area (Å²) >= 11 is 2.27. The van der Waals surface area contributed by atoms with Crippen LogP contribution in [0, 0.1) is 3.57 Å². The number of nitrogens with zero attached hydrogens (tertiary/aromatic N) is 3. The Morgan fingerprint density at radius 1 is 1.21 bits per heavy atom. The van der Waals surface area contributed by atoms with Gasteiger partial charge in [-0.05, 0) is 35.4 Å². The van der Waals surface area contributed by atoms with Crippen molar-refractivity contribution in [2.24, 2.45) is 0 Å². The minimum atomic E-state index is 0.524. The first-order valence-electron chi connectivity index (χ1n) is 6.74. The Labute approximate surface area is 128 Å². The predicted molar refractivity (Wildman–Crippen MR) is 85.7 cm³/mol. The molecule has 0 radical (unpaired) electrons. The lowest BCUT2D eigenvalue weighted by Gasteiger charge is -2.22. The molecule has 0 saturated carbocycles. The van der Waals surface area contributed by atoms with Crippen molar-refractivity contribution < 1.29 is 4.74 Å². The number of aromatic nitrogens is 2. The summed E-state index contributed by atoms with van der Waals surface area (Å²) in [5.41, 5.74) is 0.960. The molecular formula is C13H21IN4O. The summed E-state index contributed by atoms with van der Waals surface area (Å²) in [5, 5.41) is 3.15. The minimum absolute atomic E-state index is 0.524. The van der Waals surface area contributed by atoms with E-state index < -0.39 is 0 Å². The van der Waals surface area contributed by atoms with Gasteiger partial charge in [0.1, 0.15) is 5.82 Å².